The van der Waals surface area contributed by atoms with E-state index in [1.165, 1.54) is 6.20 Å². The van der Waals surface area contributed by atoms with E-state index >= 15 is 0 Å². The lowest BCUT2D eigenvalue weighted by Crippen LogP contribution is -2.37. The lowest BCUT2D eigenvalue weighted by Gasteiger charge is -2.28. The number of esters is 1. The predicted molar refractivity (Wildman–Crippen MR) is 156 cm³/mol. The van der Waals surface area contributed by atoms with Gasteiger partial charge in [-0.25, -0.2) is 4.79 Å². The minimum absolute atomic E-state index is 0.121. The first-order valence-corrected chi connectivity index (χ1v) is 13.9. The number of rotatable bonds is 14. The Labute approximate surface area is 242 Å². The molecular formula is C33H40N2O6. The quantitative estimate of drug-likeness (QED) is 0.121. The first-order chi connectivity index (χ1) is 19.7. The number of amides is 1. The predicted octanol–water partition coefficient (Wildman–Crippen LogP) is 6.82. The topological polar surface area (TPSA) is 95.0 Å². The van der Waals surface area contributed by atoms with E-state index in [9.17, 15) is 14.4 Å². The zero-order valence-corrected chi connectivity index (χ0v) is 24.4. The molecule has 0 unspecified atom stereocenters. The zero-order chi connectivity index (χ0) is 29.7. The van der Waals surface area contributed by atoms with E-state index < -0.39 is 11.7 Å². The van der Waals surface area contributed by atoms with Crippen LogP contribution in [0, 0.1) is 6.92 Å². The van der Waals surface area contributed by atoms with Crippen molar-refractivity contribution in [3.05, 3.63) is 94.8 Å². The SMILES string of the molecule is Cc1ncc(C=O)c(CN(CCCCCC(=O)OCc2ccccc2)C(=O)OC(C)(C)C)c1OCc1ccccc1. The van der Waals surface area contributed by atoms with E-state index in [1.807, 2.05) is 88.4 Å². The average molecular weight is 561 g/mol. The summed E-state index contributed by atoms with van der Waals surface area (Å²) in [5.74, 6) is 0.231. The van der Waals surface area contributed by atoms with Crippen LogP contribution in [0.15, 0.2) is 66.9 Å². The fourth-order valence-electron chi connectivity index (χ4n) is 4.15. The maximum atomic E-state index is 13.2. The van der Waals surface area contributed by atoms with Crippen molar-refractivity contribution < 1.29 is 28.6 Å². The number of aldehydes is 1. The molecule has 0 aliphatic heterocycles. The highest BCUT2D eigenvalue weighted by Gasteiger charge is 2.25. The molecule has 2 aromatic carbocycles. The molecular weight excluding hydrogens is 520 g/mol. The second kappa shape index (κ2) is 15.6. The molecule has 1 heterocycles. The second-order valence-electron chi connectivity index (χ2n) is 10.9. The van der Waals surface area contributed by atoms with Gasteiger partial charge in [0.15, 0.2) is 6.29 Å². The van der Waals surface area contributed by atoms with Gasteiger partial charge in [-0.3, -0.25) is 14.6 Å². The molecule has 0 saturated heterocycles. The van der Waals surface area contributed by atoms with Crippen molar-refractivity contribution in [3.8, 4) is 5.75 Å². The van der Waals surface area contributed by atoms with Gasteiger partial charge in [-0.05, 0) is 51.7 Å². The van der Waals surface area contributed by atoms with Crippen molar-refractivity contribution >= 4 is 18.3 Å². The number of aromatic nitrogens is 1. The number of aryl methyl sites for hydroxylation is 1. The minimum Gasteiger partial charge on any atom is -0.487 e. The standard InChI is InChI=1S/C33H40N2O6/c1-25-31(40-24-27-16-10-6-11-17-27)29(28(22-36)20-34-25)21-35(32(38)41-33(2,3)4)19-13-7-12-18-30(37)39-23-26-14-8-5-9-15-26/h5-6,8-11,14-17,20,22H,7,12-13,18-19,21,23-24H2,1-4H3. The van der Waals surface area contributed by atoms with Gasteiger partial charge >= 0.3 is 12.1 Å². The maximum absolute atomic E-state index is 13.2. The molecule has 8 nitrogen and oxygen atoms in total. The largest absolute Gasteiger partial charge is 0.487 e. The van der Waals surface area contributed by atoms with Crippen molar-refractivity contribution in [3.63, 3.8) is 0 Å². The molecule has 3 rings (SSSR count). The van der Waals surface area contributed by atoms with Crippen LogP contribution in [0.3, 0.4) is 0 Å². The van der Waals surface area contributed by atoms with Crippen LogP contribution < -0.4 is 4.74 Å². The Kier molecular flexibility index (Phi) is 11.9. The Morgan fingerprint density at radius 3 is 2.15 bits per heavy atom. The number of unbranched alkanes of at least 4 members (excludes halogenated alkanes) is 2. The first kappa shape index (κ1) is 31.3. The van der Waals surface area contributed by atoms with Crippen LogP contribution in [0.2, 0.25) is 0 Å². The van der Waals surface area contributed by atoms with E-state index in [0.29, 0.717) is 61.4 Å². The number of hydrogen-bond acceptors (Lipinski definition) is 7. The van der Waals surface area contributed by atoms with Crippen LogP contribution in [0.1, 0.15) is 79.2 Å². The Balaban J connectivity index is 1.65. The third-order valence-electron chi connectivity index (χ3n) is 6.25. The van der Waals surface area contributed by atoms with Crippen molar-refractivity contribution in [2.24, 2.45) is 0 Å². The monoisotopic (exact) mass is 560 g/mol. The van der Waals surface area contributed by atoms with E-state index in [0.717, 1.165) is 17.4 Å². The Morgan fingerprint density at radius 2 is 1.54 bits per heavy atom. The highest BCUT2D eigenvalue weighted by atomic mass is 16.6. The van der Waals surface area contributed by atoms with Gasteiger partial charge in [-0.15, -0.1) is 0 Å². The van der Waals surface area contributed by atoms with Crippen molar-refractivity contribution in [2.45, 2.75) is 78.7 Å². The van der Waals surface area contributed by atoms with E-state index in [1.54, 1.807) is 4.90 Å². The summed E-state index contributed by atoms with van der Waals surface area (Å²) in [4.78, 5) is 43.3. The number of hydrogen-bond donors (Lipinski definition) is 0. The highest BCUT2D eigenvalue weighted by Crippen LogP contribution is 2.28. The molecule has 0 radical (unpaired) electrons. The van der Waals surface area contributed by atoms with Crippen molar-refractivity contribution in [1.29, 1.82) is 0 Å². The molecule has 218 valence electrons. The zero-order valence-electron chi connectivity index (χ0n) is 24.4. The molecule has 1 amide bonds. The fraction of sp³-hybridized carbons (Fsp3) is 0.394. The van der Waals surface area contributed by atoms with Crippen LogP contribution in [-0.2, 0) is 34.0 Å². The summed E-state index contributed by atoms with van der Waals surface area (Å²) in [5.41, 5.74) is 2.79. The summed E-state index contributed by atoms with van der Waals surface area (Å²) < 4.78 is 17.2. The molecule has 8 heteroatoms. The van der Waals surface area contributed by atoms with Gasteiger partial charge in [0.2, 0.25) is 0 Å². The minimum atomic E-state index is -0.688. The fourth-order valence-corrected chi connectivity index (χ4v) is 4.15. The Hall–Kier alpha value is -4.20. The summed E-state index contributed by atoms with van der Waals surface area (Å²) in [7, 11) is 0. The molecule has 3 aromatic rings. The van der Waals surface area contributed by atoms with Crippen LogP contribution >= 0.6 is 0 Å². The van der Waals surface area contributed by atoms with Gasteiger partial charge < -0.3 is 19.1 Å². The molecule has 1 aromatic heterocycles. The molecule has 0 N–H and O–H groups in total. The van der Waals surface area contributed by atoms with Gasteiger partial charge in [0, 0.05) is 30.3 Å². The van der Waals surface area contributed by atoms with Crippen LogP contribution in [-0.4, -0.2) is 40.4 Å². The lowest BCUT2D eigenvalue weighted by atomic mass is 10.1. The molecule has 0 saturated carbocycles. The summed E-state index contributed by atoms with van der Waals surface area (Å²) in [5, 5.41) is 0. The number of pyridine rings is 1. The van der Waals surface area contributed by atoms with Gasteiger partial charge in [0.25, 0.3) is 0 Å². The summed E-state index contributed by atoms with van der Waals surface area (Å²) in [6.45, 7) is 8.30. The highest BCUT2D eigenvalue weighted by molar-refractivity contribution is 5.79. The first-order valence-electron chi connectivity index (χ1n) is 13.9. The third kappa shape index (κ3) is 10.7. The summed E-state index contributed by atoms with van der Waals surface area (Å²) in [6, 6.07) is 19.3. The van der Waals surface area contributed by atoms with E-state index in [2.05, 4.69) is 4.98 Å². The number of benzene rings is 2. The van der Waals surface area contributed by atoms with Crippen LogP contribution in [0.4, 0.5) is 4.79 Å². The number of nitrogens with zero attached hydrogens (tertiary/aromatic N) is 2. The van der Waals surface area contributed by atoms with Crippen LogP contribution in [0.25, 0.3) is 0 Å². The molecule has 0 spiro atoms. The van der Waals surface area contributed by atoms with Crippen molar-refractivity contribution in [1.82, 2.24) is 9.88 Å². The Morgan fingerprint density at radius 1 is 0.902 bits per heavy atom. The molecule has 0 atom stereocenters. The molecule has 0 aliphatic carbocycles. The molecule has 0 fully saturated rings. The number of ether oxygens (including phenoxy) is 3. The lowest BCUT2D eigenvalue weighted by molar-refractivity contribution is -0.145. The van der Waals surface area contributed by atoms with Gasteiger partial charge in [-0.2, -0.15) is 0 Å². The van der Waals surface area contributed by atoms with Crippen LogP contribution in [0.5, 0.6) is 5.75 Å². The van der Waals surface area contributed by atoms with Gasteiger partial charge in [0.1, 0.15) is 24.6 Å². The molecule has 41 heavy (non-hydrogen) atoms. The summed E-state index contributed by atoms with van der Waals surface area (Å²) in [6.07, 6.45) is 4.04. The summed E-state index contributed by atoms with van der Waals surface area (Å²) >= 11 is 0. The molecule has 0 aliphatic rings. The number of carbonyl (C=O) groups is 3. The Bertz CT molecular complexity index is 1270. The average Bonchev–Trinajstić information content (AvgIpc) is 2.95. The van der Waals surface area contributed by atoms with Crippen molar-refractivity contribution in [2.75, 3.05) is 6.54 Å². The van der Waals surface area contributed by atoms with Gasteiger partial charge in [-0.1, -0.05) is 67.1 Å². The number of carbonyl (C=O) groups excluding carboxylic acids is 3. The van der Waals surface area contributed by atoms with E-state index in [-0.39, 0.29) is 19.1 Å². The van der Waals surface area contributed by atoms with Gasteiger partial charge in [0.05, 0.1) is 12.2 Å². The molecule has 0 bridgehead atoms. The third-order valence-corrected chi connectivity index (χ3v) is 6.25. The van der Waals surface area contributed by atoms with E-state index in [4.69, 9.17) is 14.2 Å². The normalized spacial score (nSPS) is 11.0. The smallest absolute Gasteiger partial charge is 0.410 e. The maximum Gasteiger partial charge on any atom is 0.410 e. The second-order valence-corrected chi connectivity index (χ2v) is 10.9.